The van der Waals surface area contributed by atoms with Gasteiger partial charge in [-0.2, -0.15) is 0 Å². The van der Waals surface area contributed by atoms with Gasteiger partial charge >= 0.3 is 0 Å². The smallest absolute Gasteiger partial charge is 0.193 e. The van der Waals surface area contributed by atoms with E-state index in [0.717, 1.165) is 0 Å². The molecule has 0 atom stereocenters. The Morgan fingerprint density at radius 1 is 0.833 bits per heavy atom. The van der Waals surface area contributed by atoms with Crippen LogP contribution in [-0.4, -0.2) is 45.3 Å². The molecule has 0 amide bonds. The summed E-state index contributed by atoms with van der Waals surface area (Å²) in [5.74, 6) is -0.242. The second-order valence-corrected chi connectivity index (χ2v) is 5.11. The number of hydrogen-bond acceptors (Lipinski definition) is 5. The first-order valence-electron chi connectivity index (χ1n) is 7.52. The number of ether oxygens (including phenoxy) is 3. The van der Waals surface area contributed by atoms with Gasteiger partial charge in [0.15, 0.2) is 17.9 Å². The van der Waals surface area contributed by atoms with Crippen LogP contribution in [0.3, 0.4) is 0 Å². The fraction of sp³-hybridized carbons (Fsp3) is 0.263. The van der Waals surface area contributed by atoms with Gasteiger partial charge in [0, 0.05) is 30.9 Å². The standard InChI is InChI=1S/C19H20O5/c1-22-18(23-2)13-24-12-17(20)14-8-10-16(11-9-14)19(21)15-6-4-3-5-7-15/h3-11,18H,12-13H2,1-2H3. The van der Waals surface area contributed by atoms with Crippen molar-refractivity contribution in [2.75, 3.05) is 27.4 Å². The van der Waals surface area contributed by atoms with E-state index in [0.29, 0.717) is 16.7 Å². The van der Waals surface area contributed by atoms with E-state index < -0.39 is 6.29 Å². The molecule has 5 heteroatoms. The lowest BCUT2D eigenvalue weighted by Gasteiger charge is -2.13. The molecule has 126 valence electrons. The van der Waals surface area contributed by atoms with Crippen molar-refractivity contribution < 1.29 is 23.8 Å². The van der Waals surface area contributed by atoms with Crippen LogP contribution in [0.4, 0.5) is 0 Å². The molecule has 0 N–H and O–H groups in total. The molecule has 2 rings (SSSR count). The lowest BCUT2D eigenvalue weighted by molar-refractivity contribution is -0.137. The van der Waals surface area contributed by atoms with Gasteiger partial charge in [0.1, 0.15) is 6.61 Å². The molecule has 0 unspecified atom stereocenters. The van der Waals surface area contributed by atoms with Gasteiger partial charge in [-0.1, -0.05) is 54.6 Å². The zero-order valence-electron chi connectivity index (χ0n) is 13.7. The third-order valence-electron chi connectivity index (χ3n) is 3.52. The predicted molar refractivity (Wildman–Crippen MR) is 89.3 cm³/mol. The van der Waals surface area contributed by atoms with Crippen LogP contribution >= 0.6 is 0 Å². The van der Waals surface area contributed by atoms with Gasteiger partial charge in [-0.05, 0) is 0 Å². The van der Waals surface area contributed by atoms with Crippen LogP contribution in [0.25, 0.3) is 0 Å². The lowest BCUT2D eigenvalue weighted by atomic mass is 10.0. The molecular weight excluding hydrogens is 308 g/mol. The lowest BCUT2D eigenvalue weighted by Crippen LogP contribution is -2.22. The molecule has 0 fully saturated rings. The van der Waals surface area contributed by atoms with Crippen molar-refractivity contribution in [1.82, 2.24) is 0 Å². The van der Waals surface area contributed by atoms with Gasteiger partial charge in [0.05, 0.1) is 6.61 Å². The van der Waals surface area contributed by atoms with Crippen LogP contribution in [0.5, 0.6) is 0 Å². The summed E-state index contributed by atoms with van der Waals surface area (Å²) < 4.78 is 15.2. The first-order valence-corrected chi connectivity index (χ1v) is 7.52. The molecule has 0 aliphatic carbocycles. The highest BCUT2D eigenvalue weighted by molar-refractivity contribution is 6.09. The predicted octanol–water partition coefficient (Wildman–Crippen LogP) is 2.74. The van der Waals surface area contributed by atoms with E-state index in [1.54, 1.807) is 36.4 Å². The fourth-order valence-corrected chi connectivity index (χ4v) is 2.13. The third kappa shape index (κ3) is 4.83. The molecular formula is C19H20O5. The minimum Gasteiger partial charge on any atom is -0.368 e. The normalized spacial score (nSPS) is 10.8. The van der Waals surface area contributed by atoms with E-state index >= 15 is 0 Å². The summed E-state index contributed by atoms with van der Waals surface area (Å²) in [7, 11) is 3.00. The number of benzene rings is 2. The van der Waals surface area contributed by atoms with Crippen molar-refractivity contribution in [3.05, 3.63) is 71.3 Å². The van der Waals surface area contributed by atoms with Crippen molar-refractivity contribution >= 4 is 11.6 Å². The van der Waals surface area contributed by atoms with E-state index in [4.69, 9.17) is 14.2 Å². The minimum atomic E-state index is -0.497. The Kier molecular flexibility index (Phi) is 6.81. The Balaban J connectivity index is 1.94. The average molecular weight is 328 g/mol. The molecule has 0 spiro atoms. The highest BCUT2D eigenvalue weighted by Crippen LogP contribution is 2.11. The summed E-state index contributed by atoms with van der Waals surface area (Å²) in [5.41, 5.74) is 1.65. The maximum absolute atomic E-state index is 12.3. The fourth-order valence-electron chi connectivity index (χ4n) is 2.13. The zero-order chi connectivity index (χ0) is 17.4. The number of hydrogen-bond donors (Lipinski definition) is 0. The molecule has 2 aromatic rings. The second kappa shape index (κ2) is 9.08. The zero-order valence-corrected chi connectivity index (χ0v) is 13.7. The first-order chi connectivity index (χ1) is 11.7. The van der Waals surface area contributed by atoms with Crippen LogP contribution in [0.15, 0.2) is 54.6 Å². The van der Waals surface area contributed by atoms with Gasteiger partial charge in [-0.15, -0.1) is 0 Å². The maximum atomic E-state index is 12.3. The molecule has 0 saturated carbocycles. The Labute approximate surface area is 141 Å². The number of methoxy groups -OCH3 is 2. The van der Waals surface area contributed by atoms with Crippen LogP contribution < -0.4 is 0 Å². The van der Waals surface area contributed by atoms with Gasteiger partial charge < -0.3 is 14.2 Å². The van der Waals surface area contributed by atoms with E-state index in [-0.39, 0.29) is 24.8 Å². The van der Waals surface area contributed by atoms with E-state index in [9.17, 15) is 9.59 Å². The number of carbonyl (C=O) groups excluding carboxylic acids is 2. The minimum absolute atomic E-state index is 0.0742. The Hall–Kier alpha value is -2.34. The summed E-state index contributed by atoms with van der Waals surface area (Å²) >= 11 is 0. The van der Waals surface area contributed by atoms with Gasteiger partial charge in [0.2, 0.25) is 0 Å². The van der Waals surface area contributed by atoms with Crippen LogP contribution in [0, 0.1) is 0 Å². The summed E-state index contributed by atoms with van der Waals surface area (Å²) in [6.07, 6.45) is -0.497. The van der Waals surface area contributed by atoms with Crippen LogP contribution in [0.2, 0.25) is 0 Å². The molecule has 0 aliphatic rings. The molecule has 0 heterocycles. The second-order valence-electron chi connectivity index (χ2n) is 5.11. The average Bonchev–Trinajstić information content (AvgIpc) is 2.65. The van der Waals surface area contributed by atoms with Crippen molar-refractivity contribution in [3.63, 3.8) is 0 Å². The molecule has 2 aromatic carbocycles. The number of ketones is 2. The van der Waals surface area contributed by atoms with Gasteiger partial charge in [-0.25, -0.2) is 0 Å². The molecule has 0 aromatic heterocycles. The Morgan fingerprint density at radius 3 is 1.96 bits per heavy atom. The van der Waals surface area contributed by atoms with Gasteiger partial charge in [0.25, 0.3) is 0 Å². The van der Waals surface area contributed by atoms with Crippen LogP contribution in [0.1, 0.15) is 26.3 Å². The highest BCUT2D eigenvalue weighted by atomic mass is 16.7. The van der Waals surface area contributed by atoms with Crippen LogP contribution in [-0.2, 0) is 14.2 Å². The monoisotopic (exact) mass is 328 g/mol. The maximum Gasteiger partial charge on any atom is 0.193 e. The summed E-state index contributed by atoms with van der Waals surface area (Å²) in [6.45, 7) is 0.0957. The van der Waals surface area contributed by atoms with E-state index in [1.165, 1.54) is 14.2 Å². The third-order valence-corrected chi connectivity index (χ3v) is 3.52. The summed E-state index contributed by atoms with van der Waals surface area (Å²) in [6, 6.07) is 15.6. The summed E-state index contributed by atoms with van der Waals surface area (Å²) in [4.78, 5) is 24.4. The molecule has 0 bridgehead atoms. The van der Waals surface area contributed by atoms with E-state index in [1.807, 2.05) is 18.2 Å². The Bertz CT molecular complexity index is 660. The quantitative estimate of drug-likeness (QED) is 0.523. The number of rotatable bonds is 9. The highest BCUT2D eigenvalue weighted by Gasteiger charge is 2.12. The summed E-state index contributed by atoms with van der Waals surface area (Å²) in [5, 5.41) is 0. The molecule has 0 aliphatic heterocycles. The van der Waals surface area contributed by atoms with Crippen molar-refractivity contribution in [2.24, 2.45) is 0 Å². The SMILES string of the molecule is COC(COCC(=O)c1ccc(C(=O)c2ccccc2)cc1)OC. The molecule has 0 saturated heterocycles. The van der Waals surface area contributed by atoms with Crippen molar-refractivity contribution in [1.29, 1.82) is 0 Å². The first kappa shape index (κ1) is 18.0. The molecule has 0 radical (unpaired) electrons. The van der Waals surface area contributed by atoms with Crippen molar-refractivity contribution in [3.8, 4) is 0 Å². The van der Waals surface area contributed by atoms with Gasteiger partial charge in [-0.3, -0.25) is 9.59 Å². The number of carbonyl (C=O) groups is 2. The molecule has 5 nitrogen and oxygen atoms in total. The Morgan fingerprint density at radius 2 is 1.38 bits per heavy atom. The topological polar surface area (TPSA) is 61.8 Å². The largest absolute Gasteiger partial charge is 0.368 e. The van der Waals surface area contributed by atoms with E-state index in [2.05, 4.69) is 0 Å². The number of Topliss-reactive ketones (excluding diaryl/α,β-unsaturated/α-hetero) is 1. The van der Waals surface area contributed by atoms with Crippen molar-refractivity contribution in [2.45, 2.75) is 6.29 Å². The molecule has 24 heavy (non-hydrogen) atoms.